The van der Waals surface area contributed by atoms with E-state index in [1.807, 2.05) is 34.8 Å². The minimum absolute atomic E-state index is 0.882. The number of para-hydroxylation sites is 3. The van der Waals surface area contributed by atoms with Gasteiger partial charge in [0.1, 0.15) is 33.5 Å². The second-order valence-electron chi connectivity index (χ2n) is 27.0. The first-order valence-electron chi connectivity index (χ1n) is 34.9. The number of hydrogen-bond acceptors (Lipinski definition) is 7. The molecule has 5 aromatic heterocycles. The van der Waals surface area contributed by atoms with Crippen LogP contribution < -0.4 is 9.80 Å². The van der Waals surface area contributed by atoms with Gasteiger partial charge in [-0.15, -0.1) is 22.7 Å². The second-order valence-corrected chi connectivity index (χ2v) is 29.1. The van der Waals surface area contributed by atoms with Gasteiger partial charge in [0.2, 0.25) is 0 Å². The summed E-state index contributed by atoms with van der Waals surface area (Å²) in [6, 6.07) is 124. The average molecular weight is 1350 g/mol. The Labute approximate surface area is 598 Å². The molecule has 0 amide bonds. The van der Waals surface area contributed by atoms with Gasteiger partial charge in [-0.05, 0) is 193 Å². The molecule has 0 saturated carbocycles. The Bertz CT molecular complexity index is 7240. The molecule has 22 aromatic rings. The number of nitrogens with zero attached hydrogens (tertiary/aromatic N) is 2. The number of fused-ring (bicyclic) bond motifs is 20. The molecule has 0 aliphatic rings. The minimum Gasteiger partial charge on any atom is -0.455 e. The van der Waals surface area contributed by atoms with Crippen molar-refractivity contribution < 1.29 is 13.3 Å². The molecule has 5 heterocycles. The molecule has 480 valence electrons. The first-order chi connectivity index (χ1) is 51.0. The summed E-state index contributed by atoms with van der Waals surface area (Å²) in [5, 5.41) is 18.5. The Hall–Kier alpha value is -13.0. The molecule has 0 aliphatic heterocycles. The molecule has 5 nitrogen and oxygen atoms in total. The van der Waals surface area contributed by atoms with Gasteiger partial charge in [-0.3, -0.25) is 0 Å². The highest BCUT2D eigenvalue weighted by atomic mass is 32.1. The molecule has 103 heavy (non-hydrogen) atoms. The standard InChI is InChI=1S/C96H56N2O3S2/c1-2-20-68(21-3-1)97(69-43-39-60(40-44-69)73-25-11-18-59-15-6-7-23-72(59)73)83-30-13-28-79-90-88(102-95(79)83)50-48-78-82-54-67-51-65(37-38-66(67)56-87(82)101-94(78)90)58-35-33-57(34-36-58)62-19-10-22-71(52-62)98(70-45-41-61(42-46-70)74-26-12-27-76-75-24-8-9-32-85(75)99-92(74)76)84-31-14-29-80-91-89(103-96(80)84)49-47-77-81-53-63-16-4-5-17-64(63)55-86(81)100-93(77)91/h1-56H. The Morgan fingerprint density at radius 1 is 0.214 bits per heavy atom. The fourth-order valence-corrected chi connectivity index (χ4v) is 18.7. The number of furan rings is 3. The summed E-state index contributed by atoms with van der Waals surface area (Å²) in [4.78, 5) is 4.82. The first kappa shape index (κ1) is 57.8. The minimum atomic E-state index is 0.882. The van der Waals surface area contributed by atoms with Crippen molar-refractivity contribution in [3.63, 3.8) is 0 Å². The third kappa shape index (κ3) is 9.16. The van der Waals surface area contributed by atoms with E-state index in [1.165, 1.54) is 62.2 Å². The van der Waals surface area contributed by atoms with Crippen molar-refractivity contribution in [2.24, 2.45) is 0 Å². The van der Waals surface area contributed by atoms with E-state index in [0.717, 1.165) is 155 Å². The Morgan fingerprint density at radius 2 is 0.650 bits per heavy atom. The number of rotatable bonds is 10. The van der Waals surface area contributed by atoms with Gasteiger partial charge in [0.15, 0.2) is 0 Å². The smallest absolute Gasteiger partial charge is 0.144 e. The van der Waals surface area contributed by atoms with E-state index < -0.39 is 0 Å². The zero-order chi connectivity index (χ0) is 67.4. The lowest BCUT2D eigenvalue weighted by atomic mass is 9.97. The number of anilines is 6. The van der Waals surface area contributed by atoms with Crippen LogP contribution in [-0.4, -0.2) is 0 Å². The van der Waals surface area contributed by atoms with Crippen LogP contribution in [0.3, 0.4) is 0 Å². The van der Waals surface area contributed by atoms with Crippen molar-refractivity contribution in [3.05, 3.63) is 340 Å². The van der Waals surface area contributed by atoms with E-state index in [2.05, 4.69) is 337 Å². The number of thiophene rings is 2. The van der Waals surface area contributed by atoms with E-state index in [9.17, 15) is 0 Å². The van der Waals surface area contributed by atoms with Crippen LogP contribution in [0.5, 0.6) is 0 Å². The predicted octanol–water partition coefficient (Wildman–Crippen LogP) is 29.2. The summed E-state index contributed by atoms with van der Waals surface area (Å²) in [5.41, 5.74) is 21.0. The summed E-state index contributed by atoms with van der Waals surface area (Å²) in [5.74, 6) is 0. The average Bonchev–Trinajstić information content (AvgIpc) is 1.57. The molecule has 0 atom stereocenters. The molecule has 0 aliphatic carbocycles. The lowest BCUT2D eigenvalue weighted by Crippen LogP contribution is -2.10. The van der Waals surface area contributed by atoms with Crippen molar-refractivity contribution in [1.82, 2.24) is 0 Å². The Kier molecular flexibility index (Phi) is 12.8. The van der Waals surface area contributed by atoms with Gasteiger partial charge in [-0.25, -0.2) is 0 Å². The monoisotopic (exact) mass is 1350 g/mol. The lowest BCUT2D eigenvalue weighted by molar-refractivity contribution is 0.670. The predicted molar refractivity (Wildman–Crippen MR) is 438 cm³/mol. The maximum absolute atomic E-state index is 7.03. The topological polar surface area (TPSA) is 45.9 Å². The zero-order valence-corrected chi connectivity index (χ0v) is 56.9. The number of benzene rings is 17. The van der Waals surface area contributed by atoms with Crippen molar-refractivity contribution in [2.75, 3.05) is 9.80 Å². The molecule has 0 fully saturated rings. The third-order valence-corrected chi connectivity index (χ3v) is 23.6. The molecule has 0 unspecified atom stereocenters. The maximum atomic E-state index is 7.03. The quantitative estimate of drug-likeness (QED) is 0.137. The van der Waals surface area contributed by atoms with Crippen molar-refractivity contribution in [2.45, 2.75) is 0 Å². The summed E-state index contributed by atoms with van der Waals surface area (Å²) in [6.07, 6.45) is 0. The second kappa shape index (κ2) is 22.7. The molecular formula is C96H56N2O3S2. The van der Waals surface area contributed by atoms with Crippen LogP contribution in [0.1, 0.15) is 0 Å². The van der Waals surface area contributed by atoms with Crippen molar-refractivity contribution in [3.8, 4) is 44.5 Å². The van der Waals surface area contributed by atoms with Crippen LogP contribution in [0.4, 0.5) is 34.1 Å². The van der Waals surface area contributed by atoms with E-state index in [-0.39, 0.29) is 0 Å². The highest BCUT2D eigenvalue weighted by Gasteiger charge is 2.25. The summed E-state index contributed by atoms with van der Waals surface area (Å²) in [6.45, 7) is 0. The fraction of sp³-hybridized carbons (Fsp3) is 0. The van der Waals surface area contributed by atoms with Gasteiger partial charge >= 0.3 is 0 Å². The molecule has 22 rings (SSSR count). The normalized spacial score (nSPS) is 12.1. The molecule has 0 radical (unpaired) electrons. The zero-order valence-electron chi connectivity index (χ0n) is 55.3. The van der Waals surface area contributed by atoms with E-state index in [0.29, 0.717) is 0 Å². The Morgan fingerprint density at radius 3 is 1.32 bits per heavy atom. The lowest BCUT2D eigenvalue weighted by Gasteiger charge is -2.27. The molecule has 7 heteroatoms. The van der Waals surface area contributed by atoms with Gasteiger partial charge in [-0.2, -0.15) is 0 Å². The van der Waals surface area contributed by atoms with Crippen LogP contribution in [0.25, 0.3) is 183 Å². The highest BCUT2D eigenvalue weighted by Crippen LogP contribution is 2.52. The molecule has 0 bridgehead atoms. The number of hydrogen-bond donors (Lipinski definition) is 0. The molecular weight excluding hydrogens is 1290 g/mol. The largest absolute Gasteiger partial charge is 0.455 e. The van der Waals surface area contributed by atoms with E-state index in [1.54, 1.807) is 0 Å². The van der Waals surface area contributed by atoms with Crippen LogP contribution in [-0.2, 0) is 0 Å². The van der Waals surface area contributed by atoms with Crippen molar-refractivity contribution >= 4 is 195 Å². The molecule has 17 aromatic carbocycles. The SMILES string of the molecule is c1ccc(N(c2ccc(-c3cccc4ccccc34)cc2)c2cccc3c2sc2ccc4c5cc6cc(-c7ccc(-c8cccc(N(c9ccc(-c%10cccc%11c%10oc%10ccccc%10%11)cc9)c9cccc%10c9sc9ccc%11c%12cc%13ccccc%13cc%12oc%11c9%10)c8)cc7)ccc6cc5oc4c23)cc1. The van der Waals surface area contributed by atoms with Gasteiger partial charge in [0.05, 0.1) is 20.8 Å². The summed E-state index contributed by atoms with van der Waals surface area (Å²) < 4.78 is 25.3. The maximum Gasteiger partial charge on any atom is 0.144 e. The van der Waals surface area contributed by atoms with Crippen LogP contribution in [0.2, 0.25) is 0 Å². The molecule has 0 N–H and O–H groups in total. The van der Waals surface area contributed by atoms with Gasteiger partial charge < -0.3 is 23.1 Å². The van der Waals surface area contributed by atoms with Crippen LogP contribution >= 0.6 is 22.7 Å². The van der Waals surface area contributed by atoms with Crippen molar-refractivity contribution in [1.29, 1.82) is 0 Å². The summed E-state index contributed by atoms with van der Waals surface area (Å²) in [7, 11) is 0. The highest BCUT2D eigenvalue weighted by molar-refractivity contribution is 7.27. The Balaban J connectivity index is 0.609. The molecule has 0 saturated heterocycles. The third-order valence-electron chi connectivity index (χ3n) is 21.2. The van der Waals surface area contributed by atoms with Gasteiger partial charge in [0, 0.05) is 91.6 Å². The summed E-state index contributed by atoms with van der Waals surface area (Å²) >= 11 is 3.65. The van der Waals surface area contributed by atoms with Crippen LogP contribution in [0.15, 0.2) is 353 Å². The molecule has 0 spiro atoms. The van der Waals surface area contributed by atoms with Gasteiger partial charge in [0.25, 0.3) is 0 Å². The van der Waals surface area contributed by atoms with Crippen LogP contribution in [0, 0.1) is 0 Å². The first-order valence-corrected chi connectivity index (χ1v) is 36.5. The fourth-order valence-electron chi connectivity index (χ4n) is 16.3. The van der Waals surface area contributed by atoms with E-state index >= 15 is 0 Å². The van der Waals surface area contributed by atoms with E-state index in [4.69, 9.17) is 13.3 Å². The van der Waals surface area contributed by atoms with Gasteiger partial charge in [-0.1, -0.05) is 218 Å².